The van der Waals surface area contributed by atoms with E-state index in [0.717, 1.165) is 32.8 Å². The Bertz CT molecular complexity index is 548. The Labute approximate surface area is 143 Å². The van der Waals surface area contributed by atoms with Gasteiger partial charge in [0, 0.05) is 24.5 Å². The van der Waals surface area contributed by atoms with E-state index in [2.05, 4.69) is 50.1 Å². The number of ether oxygens (including phenoxy) is 1. The van der Waals surface area contributed by atoms with Crippen molar-refractivity contribution in [2.24, 2.45) is 0 Å². The zero-order valence-electron chi connectivity index (χ0n) is 14.5. The van der Waals surface area contributed by atoms with E-state index in [9.17, 15) is 0 Å². The molecule has 0 atom stereocenters. The van der Waals surface area contributed by atoms with E-state index in [0.29, 0.717) is 0 Å². The average molecular weight is 335 g/mol. The molecule has 2 aliphatic heterocycles. The van der Waals surface area contributed by atoms with Gasteiger partial charge in [0.05, 0.1) is 24.4 Å². The molecule has 0 aromatic carbocycles. The molecule has 0 amide bonds. The molecule has 3 rings (SSSR count). The van der Waals surface area contributed by atoms with E-state index in [1.165, 1.54) is 10.4 Å². The maximum Gasteiger partial charge on any atom is 0.487 e. The number of rotatable bonds is 4. The lowest BCUT2D eigenvalue weighted by molar-refractivity contribution is 0.00578. The monoisotopic (exact) mass is 335 g/mol. The summed E-state index contributed by atoms with van der Waals surface area (Å²) in [5, 5.41) is 2.19. The van der Waals surface area contributed by atoms with E-state index < -0.39 is 0 Å². The lowest BCUT2D eigenvalue weighted by Crippen LogP contribution is -2.41. The topological polar surface area (TPSA) is 30.9 Å². The highest BCUT2D eigenvalue weighted by atomic mass is 32.1. The molecule has 6 heteroatoms. The molecule has 0 spiro atoms. The summed E-state index contributed by atoms with van der Waals surface area (Å²) in [4.78, 5) is 3.83. The molecule has 0 N–H and O–H groups in total. The minimum absolute atomic E-state index is 0.275. The summed E-state index contributed by atoms with van der Waals surface area (Å²) in [6, 6.07) is 2.25. The Morgan fingerprint density at radius 1 is 1.17 bits per heavy atom. The van der Waals surface area contributed by atoms with Gasteiger partial charge in [0.1, 0.15) is 0 Å². The minimum atomic E-state index is -0.280. The van der Waals surface area contributed by atoms with Crippen LogP contribution >= 0.6 is 11.3 Å². The van der Waals surface area contributed by atoms with Crippen molar-refractivity contribution < 1.29 is 14.0 Å². The maximum absolute atomic E-state index is 5.99. The Hall–Kier alpha value is -0.655. The van der Waals surface area contributed by atoms with Gasteiger partial charge in [0.15, 0.2) is 0 Å². The van der Waals surface area contributed by atoms with Crippen LogP contribution in [0.3, 0.4) is 0 Å². The van der Waals surface area contributed by atoms with Crippen molar-refractivity contribution in [2.45, 2.75) is 45.4 Å². The Morgan fingerprint density at radius 2 is 1.83 bits per heavy atom. The SMILES string of the molecule is CC1(C)OB(C=Cc2csc(CN3CCOCC3)c2)OC1(C)C. The van der Waals surface area contributed by atoms with Crippen molar-refractivity contribution in [1.29, 1.82) is 0 Å². The fourth-order valence-corrected chi connectivity index (χ4v) is 3.60. The Morgan fingerprint density at radius 3 is 2.48 bits per heavy atom. The standard InChI is InChI=1S/C17H26BNO3S/c1-16(2)17(3,4)22-18(21-16)6-5-14-11-15(23-13-14)12-19-7-9-20-10-8-19/h5-6,11,13H,7-10,12H2,1-4H3. The van der Waals surface area contributed by atoms with Gasteiger partial charge in [-0.1, -0.05) is 12.1 Å². The van der Waals surface area contributed by atoms with Crippen LogP contribution in [0.4, 0.5) is 0 Å². The van der Waals surface area contributed by atoms with Crippen molar-refractivity contribution in [1.82, 2.24) is 4.90 Å². The van der Waals surface area contributed by atoms with Crippen molar-refractivity contribution in [3.63, 3.8) is 0 Å². The third-order valence-corrected chi connectivity index (χ3v) is 5.81. The van der Waals surface area contributed by atoms with Gasteiger partial charge >= 0.3 is 7.12 Å². The summed E-state index contributed by atoms with van der Waals surface area (Å²) >= 11 is 1.81. The molecule has 0 bridgehead atoms. The van der Waals surface area contributed by atoms with Gasteiger partial charge in [-0.05, 0) is 44.7 Å². The number of hydrogen-bond acceptors (Lipinski definition) is 5. The van der Waals surface area contributed by atoms with Crippen LogP contribution in [0.25, 0.3) is 6.08 Å². The van der Waals surface area contributed by atoms with E-state index in [1.54, 1.807) is 0 Å². The quantitative estimate of drug-likeness (QED) is 0.791. The molecule has 1 aromatic heterocycles. The first-order valence-electron chi connectivity index (χ1n) is 8.27. The number of thiophene rings is 1. The number of hydrogen-bond donors (Lipinski definition) is 0. The normalized spacial score (nSPS) is 24.6. The zero-order chi connectivity index (χ0) is 16.5. The largest absolute Gasteiger partial charge is 0.487 e. The van der Waals surface area contributed by atoms with Crippen LogP contribution < -0.4 is 0 Å². The maximum atomic E-state index is 5.99. The summed E-state index contributed by atoms with van der Waals surface area (Å²) in [6.07, 6.45) is 2.10. The van der Waals surface area contributed by atoms with Gasteiger partial charge in [-0.2, -0.15) is 0 Å². The molecule has 4 nitrogen and oxygen atoms in total. The van der Waals surface area contributed by atoms with Crippen LogP contribution in [0.2, 0.25) is 0 Å². The van der Waals surface area contributed by atoms with Gasteiger partial charge < -0.3 is 14.0 Å². The third-order valence-electron chi connectivity index (χ3n) is 4.87. The van der Waals surface area contributed by atoms with Gasteiger partial charge in [0.2, 0.25) is 0 Å². The molecule has 2 saturated heterocycles. The van der Waals surface area contributed by atoms with Crippen molar-refractivity contribution in [3.05, 3.63) is 27.9 Å². The van der Waals surface area contributed by atoms with Crippen molar-refractivity contribution >= 4 is 24.5 Å². The molecular weight excluding hydrogens is 309 g/mol. The highest BCUT2D eigenvalue weighted by molar-refractivity contribution is 7.10. The van der Waals surface area contributed by atoms with Gasteiger partial charge in [-0.15, -0.1) is 11.3 Å². The molecule has 3 heterocycles. The molecule has 0 radical (unpaired) electrons. The van der Waals surface area contributed by atoms with Crippen LogP contribution in [0.15, 0.2) is 17.4 Å². The Balaban J connectivity index is 1.56. The predicted octanol–water partition coefficient (Wildman–Crippen LogP) is 3.22. The fraction of sp³-hybridized carbons (Fsp3) is 0.647. The lowest BCUT2D eigenvalue weighted by Gasteiger charge is -2.32. The highest BCUT2D eigenvalue weighted by Crippen LogP contribution is 2.37. The Kier molecular flexibility index (Phi) is 5.00. The van der Waals surface area contributed by atoms with Gasteiger partial charge in [-0.3, -0.25) is 4.90 Å². The number of nitrogens with zero attached hydrogens (tertiary/aromatic N) is 1. The van der Waals surface area contributed by atoms with Crippen LogP contribution in [0.5, 0.6) is 0 Å². The molecule has 0 saturated carbocycles. The molecule has 126 valence electrons. The molecule has 1 aromatic rings. The molecule has 2 fully saturated rings. The zero-order valence-corrected chi connectivity index (χ0v) is 15.3. The van der Waals surface area contributed by atoms with Gasteiger partial charge in [-0.25, -0.2) is 0 Å². The molecule has 0 unspecified atom stereocenters. The first kappa shape index (κ1) is 17.2. The van der Waals surface area contributed by atoms with Crippen molar-refractivity contribution in [2.75, 3.05) is 26.3 Å². The molecule has 23 heavy (non-hydrogen) atoms. The predicted molar refractivity (Wildman–Crippen MR) is 95.5 cm³/mol. The average Bonchev–Trinajstić information content (AvgIpc) is 3.00. The second-order valence-electron chi connectivity index (χ2n) is 7.22. The van der Waals surface area contributed by atoms with Crippen LogP contribution in [0.1, 0.15) is 38.1 Å². The minimum Gasteiger partial charge on any atom is -0.400 e. The lowest BCUT2D eigenvalue weighted by atomic mass is 9.89. The fourth-order valence-electron chi connectivity index (χ4n) is 2.70. The van der Waals surface area contributed by atoms with Crippen LogP contribution in [-0.2, 0) is 20.6 Å². The van der Waals surface area contributed by atoms with Crippen LogP contribution in [-0.4, -0.2) is 49.5 Å². The van der Waals surface area contributed by atoms with Crippen LogP contribution in [0, 0.1) is 0 Å². The second kappa shape index (κ2) is 6.69. The summed E-state index contributed by atoms with van der Waals surface area (Å²) in [7, 11) is -0.275. The highest BCUT2D eigenvalue weighted by Gasteiger charge is 2.49. The third kappa shape index (κ3) is 4.06. The smallest absolute Gasteiger partial charge is 0.400 e. The van der Waals surface area contributed by atoms with E-state index in [-0.39, 0.29) is 18.3 Å². The summed E-state index contributed by atoms with van der Waals surface area (Å²) in [6.45, 7) is 13.1. The van der Waals surface area contributed by atoms with Gasteiger partial charge in [0.25, 0.3) is 0 Å². The summed E-state index contributed by atoms with van der Waals surface area (Å²) < 4.78 is 17.4. The first-order chi connectivity index (χ1) is 10.9. The number of morpholine rings is 1. The second-order valence-corrected chi connectivity index (χ2v) is 8.21. The first-order valence-corrected chi connectivity index (χ1v) is 9.15. The summed E-state index contributed by atoms with van der Waals surface area (Å²) in [5.41, 5.74) is 0.656. The molecule has 2 aliphatic rings. The van der Waals surface area contributed by atoms with Crippen molar-refractivity contribution in [3.8, 4) is 0 Å². The van der Waals surface area contributed by atoms with E-state index >= 15 is 0 Å². The van der Waals surface area contributed by atoms with E-state index in [1.807, 2.05) is 17.3 Å². The summed E-state index contributed by atoms with van der Waals surface area (Å²) in [5.74, 6) is 2.01. The van der Waals surface area contributed by atoms with E-state index in [4.69, 9.17) is 14.0 Å². The molecular formula is C17H26BNO3S. The molecule has 0 aliphatic carbocycles.